The molecule has 0 fully saturated rings. The summed E-state index contributed by atoms with van der Waals surface area (Å²) in [6.45, 7) is 3.54. The highest BCUT2D eigenvalue weighted by atomic mass is 16.5. The lowest BCUT2D eigenvalue weighted by Gasteiger charge is -2.16. The van der Waals surface area contributed by atoms with E-state index >= 15 is 0 Å². The smallest absolute Gasteiger partial charge is 0.268 e. The zero-order chi connectivity index (χ0) is 13.5. The summed E-state index contributed by atoms with van der Waals surface area (Å²) in [5, 5.41) is 4.13. The molecule has 1 aromatic rings. The molecular weight excluding hydrogens is 232 g/mol. The second kappa shape index (κ2) is 7.13. The second-order valence-electron chi connectivity index (χ2n) is 4.27. The molecule has 0 aromatic carbocycles. The molecule has 0 saturated heterocycles. The molecule has 6 nitrogen and oxygen atoms in total. The van der Waals surface area contributed by atoms with Crippen LogP contribution >= 0.6 is 0 Å². The molecule has 0 bridgehead atoms. The van der Waals surface area contributed by atoms with Gasteiger partial charge in [0.15, 0.2) is 0 Å². The van der Waals surface area contributed by atoms with Crippen molar-refractivity contribution in [3.8, 4) is 0 Å². The number of aryl methyl sites for hydroxylation is 1. The van der Waals surface area contributed by atoms with Crippen LogP contribution in [-0.4, -0.2) is 43.1 Å². The van der Waals surface area contributed by atoms with Gasteiger partial charge in [-0.3, -0.25) is 4.79 Å². The van der Waals surface area contributed by atoms with Crippen LogP contribution in [0.5, 0.6) is 0 Å². The minimum Gasteiger partial charge on any atom is -0.377 e. The number of rotatable bonds is 7. The van der Waals surface area contributed by atoms with E-state index in [0.29, 0.717) is 26.1 Å². The second-order valence-corrected chi connectivity index (χ2v) is 4.27. The average molecular weight is 254 g/mol. The van der Waals surface area contributed by atoms with Crippen molar-refractivity contribution in [1.29, 1.82) is 0 Å². The van der Waals surface area contributed by atoms with E-state index < -0.39 is 0 Å². The van der Waals surface area contributed by atoms with Crippen molar-refractivity contribution in [2.45, 2.75) is 26.0 Å². The van der Waals surface area contributed by atoms with Crippen molar-refractivity contribution in [3.63, 3.8) is 0 Å². The molecule has 1 atom stereocenters. The summed E-state index contributed by atoms with van der Waals surface area (Å²) in [6.07, 6.45) is 2.36. The Morgan fingerprint density at radius 2 is 2.28 bits per heavy atom. The van der Waals surface area contributed by atoms with Gasteiger partial charge < -0.3 is 15.4 Å². The summed E-state index contributed by atoms with van der Waals surface area (Å²) in [5.41, 5.74) is 6.28. The number of aromatic nitrogens is 2. The Morgan fingerprint density at radius 3 is 2.78 bits per heavy atom. The van der Waals surface area contributed by atoms with Gasteiger partial charge in [-0.2, -0.15) is 5.10 Å². The molecular formula is C12H22N4O2. The Hall–Kier alpha value is -1.40. The van der Waals surface area contributed by atoms with Gasteiger partial charge in [0.05, 0.1) is 18.0 Å². The highest BCUT2D eigenvalue weighted by molar-refractivity contribution is 5.40. The molecule has 0 radical (unpaired) electrons. The predicted octanol–water partition coefficient (Wildman–Crippen LogP) is 0.0632. The van der Waals surface area contributed by atoms with Crippen LogP contribution in [0.3, 0.4) is 0 Å². The van der Waals surface area contributed by atoms with Crippen molar-refractivity contribution < 1.29 is 4.74 Å². The van der Waals surface area contributed by atoms with Crippen LogP contribution in [0.4, 0.5) is 5.69 Å². The number of nitrogens with two attached hydrogens (primary N) is 1. The van der Waals surface area contributed by atoms with Crippen LogP contribution in [-0.2, 0) is 11.3 Å². The summed E-state index contributed by atoms with van der Waals surface area (Å²) in [5.74, 6) is 0. The molecule has 1 heterocycles. The molecule has 2 N–H and O–H groups in total. The molecule has 0 saturated carbocycles. The third-order valence-corrected chi connectivity index (χ3v) is 2.70. The predicted molar refractivity (Wildman–Crippen MR) is 71.9 cm³/mol. The van der Waals surface area contributed by atoms with E-state index in [1.807, 2.05) is 25.9 Å². The Kier molecular flexibility index (Phi) is 5.80. The van der Waals surface area contributed by atoms with Gasteiger partial charge in [0, 0.05) is 39.9 Å². The van der Waals surface area contributed by atoms with E-state index in [-0.39, 0.29) is 11.7 Å². The number of hydrogen-bond acceptors (Lipinski definition) is 5. The van der Waals surface area contributed by atoms with Crippen LogP contribution in [0.1, 0.15) is 13.3 Å². The quantitative estimate of drug-likeness (QED) is 0.745. The number of anilines is 1. The highest BCUT2D eigenvalue weighted by Crippen LogP contribution is 2.04. The van der Waals surface area contributed by atoms with E-state index in [1.165, 1.54) is 4.68 Å². The van der Waals surface area contributed by atoms with E-state index in [9.17, 15) is 4.79 Å². The fourth-order valence-electron chi connectivity index (χ4n) is 1.61. The normalized spacial score (nSPS) is 12.4. The van der Waals surface area contributed by atoms with Crippen LogP contribution in [0.15, 0.2) is 17.1 Å². The first-order chi connectivity index (χ1) is 8.58. The fraction of sp³-hybridized carbons (Fsp3) is 0.667. The lowest BCUT2D eigenvalue weighted by atomic mass is 10.2. The van der Waals surface area contributed by atoms with Gasteiger partial charge in [-0.25, -0.2) is 4.68 Å². The van der Waals surface area contributed by atoms with E-state index in [4.69, 9.17) is 10.5 Å². The minimum absolute atomic E-state index is 0.0165. The Labute approximate surface area is 107 Å². The third-order valence-electron chi connectivity index (χ3n) is 2.70. The van der Waals surface area contributed by atoms with Crippen LogP contribution in [0, 0.1) is 0 Å². The molecule has 1 unspecified atom stereocenters. The molecule has 1 rings (SSSR count). The monoisotopic (exact) mass is 254 g/mol. The summed E-state index contributed by atoms with van der Waals surface area (Å²) < 4.78 is 6.88. The number of ether oxygens (including phenoxy) is 1. The zero-order valence-electron chi connectivity index (χ0n) is 11.3. The first kappa shape index (κ1) is 14.7. The van der Waals surface area contributed by atoms with Crippen molar-refractivity contribution in [1.82, 2.24) is 9.78 Å². The lowest BCUT2D eigenvalue weighted by Crippen LogP contribution is -2.29. The van der Waals surface area contributed by atoms with Crippen molar-refractivity contribution >= 4 is 5.69 Å². The van der Waals surface area contributed by atoms with Gasteiger partial charge in [0.1, 0.15) is 0 Å². The number of hydrogen-bond donors (Lipinski definition) is 1. The fourth-order valence-corrected chi connectivity index (χ4v) is 1.61. The first-order valence-corrected chi connectivity index (χ1v) is 6.14. The highest BCUT2D eigenvalue weighted by Gasteiger charge is 2.08. The van der Waals surface area contributed by atoms with Crippen molar-refractivity contribution in [2.24, 2.45) is 5.73 Å². The summed E-state index contributed by atoms with van der Waals surface area (Å²) in [4.78, 5) is 13.7. The van der Waals surface area contributed by atoms with Gasteiger partial charge in [-0.15, -0.1) is 0 Å². The average Bonchev–Trinajstić information content (AvgIpc) is 2.35. The Morgan fingerprint density at radius 1 is 1.56 bits per heavy atom. The van der Waals surface area contributed by atoms with Gasteiger partial charge in [0.25, 0.3) is 5.56 Å². The topological polar surface area (TPSA) is 73.4 Å². The van der Waals surface area contributed by atoms with Crippen molar-refractivity contribution in [2.75, 3.05) is 32.1 Å². The Balaban J connectivity index is 2.65. The van der Waals surface area contributed by atoms with Gasteiger partial charge in [-0.1, -0.05) is 0 Å². The minimum atomic E-state index is -0.103. The summed E-state index contributed by atoms with van der Waals surface area (Å²) in [6, 6.07) is 1.57. The maximum absolute atomic E-state index is 11.8. The van der Waals surface area contributed by atoms with Gasteiger partial charge in [0.2, 0.25) is 0 Å². The van der Waals surface area contributed by atoms with Crippen LogP contribution in [0.2, 0.25) is 0 Å². The zero-order valence-corrected chi connectivity index (χ0v) is 11.3. The van der Waals surface area contributed by atoms with Crippen LogP contribution in [0.25, 0.3) is 0 Å². The molecule has 0 aliphatic carbocycles. The third kappa shape index (κ3) is 4.12. The maximum atomic E-state index is 11.8. The standard InChI is InChI=1S/C12H22N4O2/c1-4-18-11(8-13)5-6-16-12(17)7-10(9-14-16)15(2)3/h7,9,11H,4-6,8,13H2,1-3H3. The molecule has 0 aliphatic rings. The van der Waals surface area contributed by atoms with E-state index in [2.05, 4.69) is 5.10 Å². The number of nitrogens with zero attached hydrogens (tertiary/aromatic N) is 3. The van der Waals surface area contributed by atoms with E-state index in [1.54, 1.807) is 12.3 Å². The van der Waals surface area contributed by atoms with Gasteiger partial charge in [-0.05, 0) is 13.3 Å². The summed E-state index contributed by atoms with van der Waals surface area (Å²) in [7, 11) is 3.75. The summed E-state index contributed by atoms with van der Waals surface area (Å²) >= 11 is 0. The molecule has 0 amide bonds. The molecule has 6 heteroatoms. The molecule has 0 spiro atoms. The SMILES string of the molecule is CCOC(CN)CCn1ncc(N(C)C)cc1=O. The van der Waals surface area contributed by atoms with E-state index in [0.717, 1.165) is 5.69 Å². The Bertz CT molecular complexity index is 417. The molecule has 0 aliphatic heterocycles. The first-order valence-electron chi connectivity index (χ1n) is 6.14. The molecule has 18 heavy (non-hydrogen) atoms. The van der Waals surface area contributed by atoms with Crippen molar-refractivity contribution in [3.05, 3.63) is 22.6 Å². The van der Waals surface area contributed by atoms with Gasteiger partial charge >= 0.3 is 0 Å². The molecule has 1 aromatic heterocycles. The lowest BCUT2D eigenvalue weighted by molar-refractivity contribution is 0.0589. The molecule has 102 valence electrons. The van der Waals surface area contributed by atoms with Crippen LogP contribution < -0.4 is 16.2 Å². The maximum Gasteiger partial charge on any atom is 0.268 e. The largest absolute Gasteiger partial charge is 0.377 e.